The zero-order chi connectivity index (χ0) is 12.2. The predicted molar refractivity (Wildman–Crippen MR) is 58.1 cm³/mol. The van der Waals surface area contributed by atoms with Crippen molar-refractivity contribution in [1.29, 1.82) is 0 Å². The average Bonchev–Trinajstić information content (AvgIpc) is 2.65. The van der Waals surface area contributed by atoms with Gasteiger partial charge >= 0.3 is 5.97 Å². The lowest BCUT2D eigenvalue weighted by Crippen LogP contribution is -2.50. The van der Waals surface area contributed by atoms with Crippen LogP contribution >= 0.6 is 0 Å². The van der Waals surface area contributed by atoms with Crippen molar-refractivity contribution in [1.82, 2.24) is 5.32 Å². The van der Waals surface area contributed by atoms with Gasteiger partial charge < -0.3 is 15.2 Å². The Morgan fingerprint density at radius 2 is 2.25 bits per heavy atom. The summed E-state index contributed by atoms with van der Waals surface area (Å²) in [7, 11) is 0. The van der Waals surface area contributed by atoms with Gasteiger partial charge in [0.05, 0.1) is 0 Å². The van der Waals surface area contributed by atoms with E-state index in [2.05, 4.69) is 5.32 Å². The van der Waals surface area contributed by atoms with Gasteiger partial charge in [-0.1, -0.05) is 13.3 Å². The molecule has 1 rings (SSSR count). The van der Waals surface area contributed by atoms with Crippen molar-refractivity contribution in [2.24, 2.45) is 0 Å². The van der Waals surface area contributed by atoms with Gasteiger partial charge in [-0.05, 0) is 26.2 Å². The smallest absolute Gasteiger partial charge is 0.326 e. The van der Waals surface area contributed by atoms with Crippen molar-refractivity contribution in [2.75, 3.05) is 6.61 Å². The number of aliphatic carboxylic acids is 1. The molecule has 0 aromatic carbocycles. The summed E-state index contributed by atoms with van der Waals surface area (Å²) in [5.74, 6) is -1.30. The molecule has 0 spiro atoms. The number of ether oxygens (including phenoxy) is 1. The van der Waals surface area contributed by atoms with E-state index in [0.29, 0.717) is 19.4 Å². The summed E-state index contributed by atoms with van der Waals surface area (Å²) in [6, 6.07) is -0.807. The number of nitrogens with one attached hydrogen (secondary N) is 1. The Balaban J connectivity index is 2.57. The number of hydrogen-bond acceptors (Lipinski definition) is 3. The van der Waals surface area contributed by atoms with Crippen LogP contribution in [-0.2, 0) is 14.3 Å². The first-order valence-electron chi connectivity index (χ1n) is 5.67. The first kappa shape index (κ1) is 13.0. The molecular formula is C11H19NO4. The van der Waals surface area contributed by atoms with Crippen LogP contribution in [0.4, 0.5) is 0 Å². The lowest BCUT2D eigenvalue weighted by atomic mass is 10.0. The van der Waals surface area contributed by atoms with E-state index < -0.39 is 17.6 Å². The fourth-order valence-corrected chi connectivity index (χ4v) is 1.82. The van der Waals surface area contributed by atoms with E-state index in [1.54, 1.807) is 6.92 Å². The van der Waals surface area contributed by atoms with Gasteiger partial charge in [0.15, 0.2) is 0 Å². The summed E-state index contributed by atoms with van der Waals surface area (Å²) in [6.07, 6.45) is 2.65. The number of carboxylic acids is 1. The summed E-state index contributed by atoms with van der Waals surface area (Å²) in [5, 5.41) is 11.5. The normalized spacial score (nSPS) is 26.4. The molecule has 5 nitrogen and oxygen atoms in total. The van der Waals surface area contributed by atoms with Crippen LogP contribution in [-0.4, -0.2) is 35.2 Å². The van der Waals surface area contributed by atoms with Gasteiger partial charge in [0.1, 0.15) is 11.6 Å². The molecule has 1 saturated heterocycles. The number of carbonyl (C=O) groups excluding carboxylic acids is 1. The Morgan fingerprint density at radius 3 is 2.69 bits per heavy atom. The van der Waals surface area contributed by atoms with Crippen molar-refractivity contribution >= 4 is 11.9 Å². The van der Waals surface area contributed by atoms with Gasteiger partial charge in [-0.15, -0.1) is 0 Å². The lowest BCUT2D eigenvalue weighted by Gasteiger charge is -2.24. The average molecular weight is 229 g/mol. The monoisotopic (exact) mass is 229 g/mol. The number of carbonyl (C=O) groups is 2. The van der Waals surface area contributed by atoms with Crippen LogP contribution in [0.5, 0.6) is 0 Å². The second kappa shape index (κ2) is 5.30. The maximum Gasteiger partial charge on any atom is 0.326 e. The highest BCUT2D eigenvalue weighted by molar-refractivity contribution is 5.89. The Bertz CT molecular complexity index is 271. The molecule has 1 unspecified atom stereocenters. The molecule has 2 N–H and O–H groups in total. The van der Waals surface area contributed by atoms with E-state index in [1.165, 1.54) is 0 Å². The highest BCUT2D eigenvalue weighted by Crippen LogP contribution is 2.25. The van der Waals surface area contributed by atoms with E-state index in [4.69, 9.17) is 9.84 Å². The van der Waals surface area contributed by atoms with Crippen LogP contribution in [0.1, 0.15) is 39.5 Å². The maximum atomic E-state index is 11.9. The third-order valence-corrected chi connectivity index (χ3v) is 2.88. The number of rotatable bonds is 5. The summed E-state index contributed by atoms with van der Waals surface area (Å²) < 4.78 is 5.36. The van der Waals surface area contributed by atoms with Crippen LogP contribution in [0.15, 0.2) is 0 Å². The van der Waals surface area contributed by atoms with Crippen molar-refractivity contribution in [3.8, 4) is 0 Å². The molecule has 0 aromatic heterocycles. The molecule has 1 aliphatic rings. The van der Waals surface area contributed by atoms with E-state index in [-0.39, 0.29) is 5.91 Å². The molecule has 1 heterocycles. The van der Waals surface area contributed by atoms with Crippen molar-refractivity contribution in [3.05, 3.63) is 0 Å². The summed E-state index contributed by atoms with van der Waals surface area (Å²) in [5.41, 5.74) is -0.846. The molecule has 5 heteroatoms. The van der Waals surface area contributed by atoms with Gasteiger partial charge in [-0.3, -0.25) is 4.79 Å². The highest BCUT2D eigenvalue weighted by atomic mass is 16.5. The van der Waals surface area contributed by atoms with Gasteiger partial charge in [0.25, 0.3) is 5.91 Å². The third kappa shape index (κ3) is 2.95. The van der Waals surface area contributed by atoms with Gasteiger partial charge in [0, 0.05) is 6.61 Å². The molecule has 92 valence electrons. The molecule has 16 heavy (non-hydrogen) atoms. The molecule has 0 aromatic rings. The fourth-order valence-electron chi connectivity index (χ4n) is 1.82. The zero-order valence-electron chi connectivity index (χ0n) is 9.78. The second-order valence-corrected chi connectivity index (χ2v) is 4.34. The molecular weight excluding hydrogens is 210 g/mol. The van der Waals surface area contributed by atoms with Crippen LogP contribution in [0.25, 0.3) is 0 Å². The zero-order valence-corrected chi connectivity index (χ0v) is 9.78. The van der Waals surface area contributed by atoms with E-state index in [9.17, 15) is 9.59 Å². The van der Waals surface area contributed by atoms with Gasteiger partial charge in [-0.25, -0.2) is 4.79 Å². The Labute approximate surface area is 95.2 Å². The summed E-state index contributed by atoms with van der Waals surface area (Å²) in [6.45, 7) is 4.16. The van der Waals surface area contributed by atoms with Crippen LogP contribution < -0.4 is 5.32 Å². The molecule has 1 aliphatic heterocycles. The standard InChI is InChI=1S/C11H19NO4/c1-3-5-8(9(13)14)12-10(15)11(2)6-4-7-16-11/h8H,3-7H2,1-2H3,(H,12,15)(H,13,14)/t8-,11?/m0/s1. The van der Waals surface area contributed by atoms with Crippen molar-refractivity contribution < 1.29 is 19.4 Å². The van der Waals surface area contributed by atoms with Gasteiger partial charge in [-0.2, -0.15) is 0 Å². The second-order valence-electron chi connectivity index (χ2n) is 4.34. The van der Waals surface area contributed by atoms with E-state index >= 15 is 0 Å². The summed E-state index contributed by atoms with van der Waals surface area (Å²) in [4.78, 5) is 22.7. The molecule has 0 bridgehead atoms. The minimum absolute atomic E-state index is 0.314. The minimum Gasteiger partial charge on any atom is -0.480 e. The molecule has 1 amide bonds. The minimum atomic E-state index is -0.989. The Morgan fingerprint density at radius 1 is 1.56 bits per heavy atom. The van der Waals surface area contributed by atoms with E-state index in [0.717, 1.165) is 12.8 Å². The molecule has 0 radical (unpaired) electrons. The Hall–Kier alpha value is -1.10. The largest absolute Gasteiger partial charge is 0.480 e. The number of hydrogen-bond donors (Lipinski definition) is 2. The van der Waals surface area contributed by atoms with E-state index in [1.807, 2.05) is 6.92 Å². The quantitative estimate of drug-likeness (QED) is 0.735. The molecule has 1 fully saturated rings. The predicted octanol–water partition coefficient (Wildman–Crippen LogP) is 0.925. The first-order chi connectivity index (χ1) is 7.49. The molecule has 2 atom stereocenters. The van der Waals surface area contributed by atoms with Gasteiger partial charge in [0.2, 0.25) is 0 Å². The SMILES string of the molecule is CCC[C@H](NC(=O)C1(C)CCCO1)C(=O)O. The molecule has 0 aliphatic carbocycles. The van der Waals surface area contributed by atoms with Crippen molar-refractivity contribution in [2.45, 2.75) is 51.2 Å². The highest BCUT2D eigenvalue weighted by Gasteiger charge is 2.39. The topological polar surface area (TPSA) is 75.6 Å². The first-order valence-corrected chi connectivity index (χ1v) is 5.67. The molecule has 0 saturated carbocycles. The van der Waals surface area contributed by atoms with Crippen LogP contribution in [0.3, 0.4) is 0 Å². The van der Waals surface area contributed by atoms with Crippen LogP contribution in [0, 0.1) is 0 Å². The third-order valence-electron chi connectivity index (χ3n) is 2.88. The summed E-state index contributed by atoms with van der Waals surface area (Å²) >= 11 is 0. The Kier molecular flexibility index (Phi) is 4.29. The fraction of sp³-hybridized carbons (Fsp3) is 0.818. The number of carboxylic acid groups (broad SMARTS) is 1. The van der Waals surface area contributed by atoms with Crippen LogP contribution in [0.2, 0.25) is 0 Å². The maximum absolute atomic E-state index is 11.9. The van der Waals surface area contributed by atoms with Crippen molar-refractivity contribution in [3.63, 3.8) is 0 Å². The number of amides is 1. The lowest BCUT2D eigenvalue weighted by molar-refractivity contribution is -0.147.